The number of aromatic nitrogens is 6. The maximum atomic E-state index is 5.11. The van der Waals surface area contributed by atoms with Crippen LogP contribution < -0.4 is 4.90 Å². The van der Waals surface area contributed by atoms with Crippen molar-refractivity contribution in [1.29, 1.82) is 0 Å². The fraction of sp³-hybridized carbons (Fsp3) is 0.385. The quantitative estimate of drug-likeness (QED) is 0.455. The van der Waals surface area contributed by atoms with E-state index < -0.39 is 0 Å². The lowest BCUT2D eigenvalue weighted by atomic mass is 9.98. The Morgan fingerprint density at radius 3 is 2.53 bits per heavy atom. The number of aryl methyl sites for hydroxylation is 1. The zero-order chi connectivity index (χ0) is 23.1. The summed E-state index contributed by atoms with van der Waals surface area (Å²) in [5.74, 6) is 3.83. The van der Waals surface area contributed by atoms with Crippen LogP contribution in [0, 0.1) is 5.92 Å². The highest BCUT2D eigenvalue weighted by Crippen LogP contribution is 2.35. The van der Waals surface area contributed by atoms with Crippen LogP contribution in [0.5, 0.6) is 0 Å². The molecule has 34 heavy (non-hydrogen) atoms. The predicted octanol–water partition coefficient (Wildman–Crippen LogP) is 3.96. The van der Waals surface area contributed by atoms with Gasteiger partial charge in [-0.15, -0.1) is 10.2 Å². The van der Waals surface area contributed by atoms with Crippen LogP contribution in [0.25, 0.3) is 22.5 Å². The third-order valence-electron chi connectivity index (χ3n) is 6.87. The minimum Gasteiger partial charge on any atom is -0.342 e. The van der Waals surface area contributed by atoms with Crippen molar-refractivity contribution in [3.8, 4) is 22.5 Å². The van der Waals surface area contributed by atoms with E-state index in [-0.39, 0.29) is 0 Å². The first kappa shape index (κ1) is 21.0. The van der Waals surface area contributed by atoms with Crippen LogP contribution in [0.1, 0.15) is 36.8 Å². The van der Waals surface area contributed by atoms with Crippen LogP contribution in [0.4, 0.5) is 5.82 Å². The summed E-state index contributed by atoms with van der Waals surface area (Å²) in [5.41, 5.74) is 5.83. The Bertz CT molecular complexity index is 1270. The Labute approximate surface area is 199 Å². The molecule has 0 saturated heterocycles. The highest BCUT2D eigenvalue weighted by molar-refractivity contribution is 5.80. The zero-order valence-corrected chi connectivity index (χ0v) is 19.8. The third kappa shape index (κ3) is 3.98. The van der Waals surface area contributed by atoms with E-state index in [9.17, 15) is 0 Å². The van der Waals surface area contributed by atoms with Crippen molar-refractivity contribution in [3.63, 3.8) is 0 Å². The number of anilines is 1. The van der Waals surface area contributed by atoms with E-state index in [0.717, 1.165) is 55.3 Å². The number of imidazole rings is 1. The van der Waals surface area contributed by atoms with E-state index in [2.05, 4.69) is 79.3 Å². The molecule has 0 bridgehead atoms. The second-order valence-electron chi connectivity index (χ2n) is 9.54. The molecule has 0 radical (unpaired) electrons. The van der Waals surface area contributed by atoms with Gasteiger partial charge in [0.15, 0.2) is 5.82 Å². The molecular weight excluding hydrogens is 424 g/mol. The SMILES string of the molecule is CCc1nc2c(n1Cc1ccc(-c3ccccc3-c3nn[nH]n3)cc1)CN(C)CN2CC1CC1. The second-order valence-corrected chi connectivity index (χ2v) is 9.54. The summed E-state index contributed by atoms with van der Waals surface area (Å²) in [4.78, 5) is 10.0. The van der Waals surface area contributed by atoms with Crippen molar-refractivity contribution in [2.75, 3.05) is 25.2 Å². The average Bonchev–Trinajstić information content (AvgIpc) is 3.37. The molecule has 1 N–H and O–H groups in total. The minimum absolute atomic E-state index is 0.608. The van der Waals surface area contributed by atoms with Gasteiger partial charge in [-0.25, -0.2) is 4.98 Å². The molecule has 1 saturated carbocycles. The van der Waals surface area contributed by atoms with Gasteiger partial charge in [0, 0.05) is 31.6 Å². The number of nitrogens with zero attached hydrogens (tertiary/aromatic N) is 7. The smallest absolute Gasteiger partial charge is 0.205 e. The number of H-pyrrole nitrogens is 1. The van der Waals surface area contributed by atoms with Crippen molar-refractivity contribution in [3.05, 3.63) is 65.6 Å². The van der Waals surface area contributed by atoms with Gasteiger partial charge in [-0.1, -0.05) is 55.5 Å². The summed E-state index contributed by atoms with van der Waals surface area (Å²) in [6.07, 6.45) is 3.66. The van der Waals surface area contributed by atoms with Gasteiger partial charge >= 0.3 is 0 Å². The van der Waals surface area contributed by atoms with Gasteiger partial charge in [-0.05, 0) is 47.7 Å². The van der Waals surface area contributed by atoms with Crippen LogP contribution >= 0.6 is 0 Å². The van der Waals surface area contributed by atoms with Crippen molar-refractivity contribution >= 4 is 5.82 Å². The molecule has 6 rings (SSSR count). The Hall–Kier alpha value is -3.52. The van der Waals surface area contributed by atoms with Crippen LogP contribution in [-0.2, 0) is 19.5 Å². The fourth-order valence-corrected chi connectivity index (χ4v) is 4.99. The van der Waals surface area contributed by atoms with E-state index in [1.54, 1.807) is 0 Å². The Morgan fingerprint density at radius 2 is 1.82 bits per heavy atom. The first-order chi connectivity index (χ1) is 16.7. The fourth-order valence-electron chi connectivity index (χ4n) is 4.99. The van der Waals surface area contributed by atoms with E-state index in [0.29, 0.717) is 5.82 Å². The van der Waals surface area contributed by atoms with E-state index in [1.807, 2.05) is 18.2 Å². The topological polar surface area (TPSA) is 78.8 Å². The van der Waals surface area contributed by atoms with Gasteiger partial charge in [0.25, 0.3) is 0 Å². The summed E-state index contributed by atoms with van der Waals surface area (Å²) in [7, 11) is 2.21. The lowest BCUT2D eigenvalue weighted by Crippen LogP contribution is -2.42. The molecule has 2 aliphatic rings. The van der Waals surface area contributed by atoms with Gasteiger partial charge < -0.3 is 9.47 Å². The van der Waals surface area contributed by atoms with Gasteiger partial charge in [0.1, 0.15) is 5.82 Å². The molecule has 1 fully saturated rings. The molecule has 174 valence electrons. The van der Waals surface area contributed by atoms with Crippen molar-refractivity contribution in [1.82, 2.24) is 35.1 Å². The number of nitrogens with one attached hydrogen (secondary N) is 1. The predicted molar refractivity (Wildman–Crippen MR) is 132 cm³/mol. The molecule has 0 atom stereocenters. The molecule has 8 nitrogen and oxygen atoms in total. The summed E-state index contributed by atoms with van der Waals surface area (Å²) in [6.45, 7) is 6.09. The first-order valence-corrected chi connectivity index (χ1v) is 12.1. The van der Waals surface area contributed by atoms with Crippen LogP contribution in [0.2, 0.25) is 0 Å². The number of fused-ring (bicyclic) bond motifs is 1. The summed E-state index contributed by atoms with van der Waals surface area (Å²) in [5, 5.41) is 14.6. The van der Waals surface area contributed by atoms with Crippen LogP contribution in [0.15, 0.2) is 48.5 Å². The minimum atomic E-state index is 0.608. The van der Waals surface area contributed by atoms with Gasteiger partial charge in [0.05, 0.1) is 12.4 Å². The molecule has 1 aliphatic carbocycles. The van der Waals surface area contributed by atoms with Gasteiger partial charge in [-0.2, -0.15) is 5.21 Å². The molecule has 1 aliphatic heterocycles. The lowest BCUT2D eigenvalue weighted by molar-refractivity contribution is 0.297. The van der Waals surface area contributed by atoms with Crippen molar-refractivity contribution in [2.45, 2.75) is 39.3 Å². The van der Waals surface area contributed by atoms with E-state index in [1.165, 1.54) is 35.7 Å². The van der Waals surface area contributed by atoms with Gasteiger partial charge in [0.2, 0.25) is 5.82 Å². The Balaban J connectivity index is 1.29. The number of tetrazole rings is 1. The molecule has 0 unspecified atom stereocenters. The highest BCUT2D eigenvalue weighted by Gasteiger charge is 2.31. The normalized spacial score (nSPS) is 16.1. The average molecular weight is 455 g/mol. The molecule has 2 aromatic carbocycles. The Morgan fingerprint density at radius 1 is 1.03 bits per heavy atom. The van der Waals surface area contributed by atoms with E-state index in [4.69, 9.17) is 4.98 Å². The number of aromatic amines is 1. The molecule has 0 spiro atoms. The summed E-state index contributed by atoms with van der Waals surface area (Å²) < 4.78 is 2.44. The van der Waals surface area contributed by atoms with Crippen LogP contribution in [0.3, 0.4) is 0 Å². The van der Waals surface area contributed by atoms with Crippen LogP contribution in [-0.4, -0.2) is 55.3 Å². The van der Waals surface area contributed by atoms with E-state index >= 15 is 0 Å². The zero-order valence-electron chi connectivity index (χ0n) is 19.8. The van der Waals surface area contributed by atoms with Gasteiger partial charge in [-0.3, -0.25) is 4.90 Å². The molecular formula is C26H30N8. The van der Waals surface area contributed by atoms with Crippen molar-refractivity contribution in [2.24, 2.45) is 5.92 Å². The molecule has 3 heterocycles. The standard InChI is InChI=1S/C26H30N8/c1-3-24-27-26-23(16-32(2)17-33(26)14-18-8-9-18)34(24)15-19-10-12-20(13-11-19)21-6-4-5-7-22(21)25-28-30-31-29-25/h4-7,10-13,18H,3,8-9,14-17H2,1-2H3,(H,28,29,30,31). The largest absolute Gasteiger partial charge is 0.342 e. The maximum Gasteiger partial charge on any atom is 0.205 e. The second kappa shape index (κ2) is 8.68. The number of rotatable bonds is 7. The lowest BCUT2D eigenvalue weighted by Gasteiger charge is -2.34. The number of benzene rings is 2. The Kier molecular flexibility index (Phi) is 5.37. The monoisotopic (exact) mass is 454 g/mol. The third-order valence-corrected chi connectivity index (χ3v) is 6.87. The molecule has 4 aromatic rings. The molecule has 2 aromatic heterocycles. The first-order valence-electron chi connectivity index (χ1n) is 12.1. The number of hydrogen-bond donors (Lipinski definition) is 1. The summed E-state index contributed by atoms with van der Waals surface area (Å²) in [6, 6.07) is 17.0. The van der Waals surface area contributed by atoms with Crippen molar-refractivity contribution < 1.29 is 0 Å². The maximum absolute atomic E-state index is 5.11. The molecule has 0 amide bonds. The number of hydrogen-bond acceptors (Lipinski definition) is 6. The molecule has 8 heteroatoms. The summed E-state index contributed by atoms with van der Waals surface area (Å²) >= 11 is 0. The highest BCUT2D eigenvalue weighted by atomic mass is 15.5.